The molecule has 1 amide bonds. The maximum Gasteiger partial charge on any atom is 0.228 e. The highest BCUT2D eigenvalue weighted by atomic mass is 16.5. The van der Waals surface area contributed by atoms with E-state index in [-0.39, 0.29) is 12.3 Å². The van der Waals surface area contributed by atoms with Crippen molar-refractivity contribution in [3.05, 3.63) is 53.6 Å². The van der Waals surface area contributed by atoms with Gasteiger partial charge in [-0.25, -0.2) is 0 Å². The number of carbonyl (C=O) groups is 2. The van der Waals surface area contributed by atoms with Crippen molar-refractivity contribution in [3.63, 3.8) is 0 Å². The minimum absolute atomic E-state index is 0.181. The van der Waals surface area contributed by atoms with Crippen LogP contribution in [0.3, 0.4) is 0 Å². The van der Waals surface area contributed by atoms with Crippen molar-refractivity contribution in [2.75, 3.05) is 19.0 Å². The molecule has 23 heavy (non-hydrogen) atoms. The van der Waals surface area contributed by atoms with Gasteiger partial charge in [-0.1, -0.05) is 12.1 Å². The molecule has 0 aliphatic rings. The standard InChI is InChI=1S/C18H19NO4/c1-3-23-17-9-6-14(12-20)10-16(17)19-18(21)11-13-4-7-15(22-2)8-5-13/h4-10,12H,3,11H2,1-2H3,(H,19,21). The average Bonchev–Trinajstić information content (AvgIpc) is 2.57. The smallest absolute Gasteiger partial charge is 0.228 e. The molecule has 0 unspecified atom stereocenters. The molecule has 2 aromatic rings. The van der Waals surface area contributed by atoms with Gasteiger partial charge >= 0.3 is 0 Å². The van der Waals surface area contributed by atoms with Gasteiger partial charge in [0.1, 0.15) is 17.8 Å². The molecule has 0 spiro atoms. The maximum atomic E-state index is 12.2. The number of hydrogen-bond donors (Lipinski definition) is 1. The Labute approximate surface area is 135 Å². The van der Waals surface area contributed by atoms with E-state index in [0.717, 1.165) is 17.6 Å². The van der Waals surface area contributed by atoms with E-state index in [1.165, 1.54) is 0 Å². The van der Waals surface area contributed by atoms with Crippen molar-refractivity contribution in [3.8, 4) is 11.5 Å². The van der Waals surface area contributed by atoms with E-state index in [9.17, 15) is 9.59 Å². The Balaban J connectivity index is 2.10. The monoisotopic (exact) mass is 313 g/mol. The van der Waals surface area contributed by atoms with Crippen LogP contribution < -0.4 is 14.8 Å². The number of benzene rings is 2. The lowest BCUT2D eigenvalue weighted by Gasteiger charge is -2.12. The van der Waals surface area contributed by atoms with Crippen molar-refractivity contribution >= 4 is 17.9 Å². The molecular formula is C18H19NO4. The van der Waals surface area contributed by atoms with E-state index < -0.39 is 0 Å². The summed E-state index contributed by atoms with van der Waals surface area (Å²) in [6.45, 7) is 2.33. The molecule has 0 radical (unpaired) electrons. The molecular weight excluding hydrogens is 294 g/mol. The van der Waals surface area contributed by atoms with Crippen LogP contribution in [0.4, 0.5) is 5.69 Å². The number of nitrogens with one attached hydrogen (secondary N) is 1. The minimum atomic E-state index is -0.181. The molecule has 0 saturated heterocycles. The van der Waals surface area contributed by atoms with Gasteiger partial charge in [-0.2, -0.15) is 0 Å². The Morgan fingerprint density at radius 2 is 1.91 bits per heavy atom. The van der Waals surface area contributed by atoms with Gasteiger partial charge in [0.15, 0.2) is 0 Å². The maximum absolute atomic E-state index is 12.2. The van der Waals surface area contributed by atoms with Gasteiger partial charge < -0.3 is 14.8 Å². The molecule has 2 aromatic carbocycles. The van der Waals surface area contributed by atoms with Crippen molar-refractivity contribution in [2.45, 2.75) is 13.3 Å². The average molecular weight is 313 g/mol. The van der Waals surface area contributed by atoms with Crippen LogP contribution in [0, 0.1) is 0 Å². The van der Waals surface area contributed by atoms with Gasteiger partial charge in [0, 0.05) is 5.56 Å². The van der Waals surface area contributed by atoms with E-state index in [1.54, 1.807) is 37.4 Å². The van der Waals surface area contributed by atoms with Gasteiger partial charge in [0.05, 0.1) is 25.8 Å². The number of rotatable bonds is 7. The first-order valence-electron chi connectivity index (χ1n) is 7.31. The van der Waals surface area contributed by atoms with E-state index in [2.05, 4.69) is 5.32 Å². The van der Waals surface area contributed by atoms with Crippen LogP contribution in [0.15, 0.2) is 42.5 Å². The zero-order chi connectivity index (χ0) is 16.7. The van der Waals surface area contributed by atoms with Crippen LogP contribution in [-0.4, -0.2) is 25.9 Å². The van der Waals surface area contributed by atoms with Gasteiger partial charge in [0.2, 0.25) is 5.91 Å². The summed E-state index contributed by atoms with van der Waals surface area (Å²) in [6.07, 6.45) is 0.954. The lowest BCUT2D eigenvalue weighted by atomic mass is 10.1. The lowest BCUT2D eigenvalue weighted by molar-refractivity contribution is -0.115. The van der Waals surface area contributed by atoms with Crippen LogP contribution in [0.5, 0.6) is 11.5 Å². The molecule has 0 fully saturated rings. The zero-order valence-corrected chi connectivity index (χ0v) is 13.2. The summed E-state index contributed by atoms with van der Waals surface area (Å²) in [7, 11) is 1.59. The fourth-order valence-corrected chi connectivity index (χ4v) is 2.12. The normalized spacial score (nSPS) is 10.0. The van der Waals surface area contributed by atoms with Gasteiger partial charge in [0.25, 0.3) is 0 Å². The Hall–Kier alpha value is -2.82. The van der Waals surface area contributed by atoms with Crippen LogP contribution in [0.1, 0.15) is 22.8 Å². The Bertz CT molecular complexity index is 680. The highest BCUT2D eigenvalue weighted by molar-refractivity contribution is 5.94. The Morgan fingerprint density at radius 1 is 1.17 bits per heavy atom. The van der Waals surface area contributed by atoms with Crippen LogP contribution in [0.25, 0.3) is 0 Å². The summed E-state index contributed by atoms with van der Waals surface area (Å²) in [4.78, 5) is 23.1. The van der Waals surface area contributed by atoms with Crippen LogP contribution in [0.2, 0.25) is 0 Å². The minimum Gasteiger partial charge on any atom is -0.497 e. The molecule has 120 valence electrons. The number of anilines is 1. The quantitative estimate of drug-likeness (QED) is 0.798. The number of hydrogen-bond acceptors (Lipinski definition) is 4. The summed E-state index contributed by atoms with van der Waals surface area (Å²) in [6, 6.07) is 12.2. The third-order valence-corrected chi connectivity index (χ3v) is 3.24. The van der Waals surface area contributed by atoms with Crippen molar-refractivity contribution in [1.82, 2.24) is 0 Å². The molecule has 0 heterocycles. The molecule has 0 atom stereocenters. The number of amides is 1. The summed E-state index contributed by atoms with van der Waals surface area (Å²) < 4.78 is 10.6. The first kappa shape index (κ1) is 16.5. The van der Waals surface area contributed by atoms with Crippen molar-refractivity contribution in [2.24, 2.45) is 0 Å². The lowest BCUT2D eigenvalue weighted by Crippen LogP contribution is -2.15. The first-order chi connectivity index (χ1) is 11.2. The molecule has 0 saturated carbocycles. The number of aldehydes is 1. The Morgan fingerprint density at radius 3 is 2.52 bits per heavy atom. The van der Waals surface area contributed by atoms with Gasteiger partial charge in [-0.3, -0.25) is 9.59 Å². The number of methoxy groups -OCH3 is 1. The summed E-state index contributed by atoms with van der Waals surface area (Å²) in [5, 5.41) is 2.79. The SMILES string of the molecule is CCOc1ccc(C=O)cc1NC(=O)Cc1ccc(OC)cc1. The van der Waals surface area contributed by atoms with E-state index in [4.69, 9.17) is 9.47 Å². The summed E-state index contributed by atoms with van der Waals surface area (Å²) >= 11 is 0. The first-order valence-corrected chi connectivity index (χ1v) is 7.31. The van der Waals surface area contributed by atoms with E-state index >= 15 is 0 Å². The molecule has 1 N–H and O–H groups in total. The fraction of sp³-hybridized carbons (Fsp3) is 0.222. The van der Waals surface area contributed by atoms with Crippen LogP contribution >= 0.6 is 0 Å². The predicted molar refractivity (Wildman–Crippen MR) is 88.3 cm³/mol. The van der Waals surface area contributed by atoms with Crippen molar-refractivity contribution in [1.29, 1.82) is 0 Å². The highest BCUT2D eigenvalue weighted by Gasteiger charge is 2.10. The third-order valence-electron chi connectivity index (χ3n) is 3.24. The van der Waals surface area contributed by atoms with Crippen molar-refractivity contribution < 1.29 is 19.1 Å². The number of carbonyl (C=O) groups excluding carboxylic acids is 2. The molecule has 0 aliphatic heterocycles. The molecule has 0 aliphatic carbocycles. The molecule has 0 aromatic heterocycles. The second-order valence-corrected chi connectivity index (χ2v) is 4.88. The van der Waals surface area contributed by atoms with Crippen LogP contribution in [-0.2, 0) is 11.2 Å². The molecule has 5 heteroatoms. The predicted octanol–water partition coefficient (Wildman–Crippen LogP) is 3.09. The summed E-state index contributed by atoms with van der Waals surface area (Å²) in [5.74, 6) is 1.10. The van der Waals surface area contributed by atoms with E-state index in [0.29, 0.717) is 23.6 Å². The second-order valence-electron chi connectivity index (χ2n) is 4.88. The van der Waals surface area contributed by atoms with Gasteiger partial charge in [-0.05, 0) is 42.8 Å². The van der Waals surface area contributed by atoms with Gasteiger partial charge in [-0.15, -0.1) is 0 Å². The largest absolute Gasteiger partial charge is 0.497 e. The summed E-state index contributed by atoms with van der Waals surface area (Å²) in [5.41, 5.74) is 1.84. The Kier molecular flexibility index (Phi) is 5.74. The highest BCUT2D eigenvalue weighted by Crippen LogP contribution is 2.25. The third kappa shape index (κ3) is 4.57. The molecule has 2 rings (SSSR count). The topological polar surface area (TPSA) is 64.6 Å². The zero-order valence-electron chi connectivity index (χ0n) is 13.2. The second kappa shape index (κ2) is 7.98. The fourth-order valence-electron chi connectivity index (χ4n) is 2.12. The number of ether oxygens (including phenoxy) is 2. The molecule has 0 bridgehead atoms. The molecule has 5 nitrogen and oxygen atoms in total. The van der Waals surface area contributed by atoms with E-state index in [1.807, 2.05) is 19.1 Å².